The number of phenols is 1. The first-order chi connectivity index (χ1) is 15.5. The van der Waals surface area contributed by atoms with E-state index in [0.717, 1.165) is 36.9 Å². The molecule has 2 heterocycles. The fourth-order valence-corrected chi connectivity index (χ4v) is 3.32. The van der Waals surface area contributed by atoms with Gasteiger partial charge in [0.2, 0.25) is 5.91 Å². The Kier molecular flexibility index (Phi) is 9.88. The highest BCUT2D eigenvalue weighted by atomic mass is 16.3. The number of aromatic hydroxyl groups is 1. The fraction of sp³-hybridized carbons (Fsp3) is 0.400. The second-order valence-electron chi connectivity index (χ2n) is 7.40. The fourth-order valence-electron chi connectivity index (χ4n) is 3.32. The van der Waals surface area contributed by atoms with E-state index in [4.69, 9.17) is 10.1 Å². The maximum Gasteiger partial charge on any atom is 0.219 e. The number of hydrogen-bond donors (Lipinski definition) is 2. The van der Waals surface area contributed by atoms with E-state index in [1.54, 1.807) is 19.1 Å². The van der Waals surface area contributed by atoms with Gasteiger partial charge in [-0.15, -0.1) is 0 Å². The monoisotopic (exact) mass is 438 g/mol. The van der Waals surface area contributed by atoms with Crippen LogP contribution >= 0.6 is 0 Å². The van der Waals surface area contributed by atoms with Crippen molar-refractivity contribution in [3.8, 4) is 17.1 Å². The number of piperazine rings is 1. The van der Waals surface area contributed by atoms with E-state index in [9.17, 15) is 9.90 Å². The molecule has 172 valence electrons. The van der Waals surface area contributed by atoms with Gasteiger partial charge in [-0.3, -0.25) is 4.79 Å². The lowest BCUT2D eigenvalue weighted by Gasteiger charge is -2.35. The molecule has 2 N–H and O–H groups in total. The average molecular weight is 439 g/mol. The number of benzene rings is 2. The van der Waals surface area contributed by atoms with Crippen molar-refractivity contribution in [1.29, 1.82) is 0 Å². The van der Waals surface area contributed by atoms with E-state index in [1.807, 2.05) is 41.3 Å². The summed E-state index contributed by atoms with van der Waals surface area (Å²) in [4.78, 5) is 25.0. The summed E-state index contributed by atoms with van der Waals surface area (Å²) >= 11 is 0. The molecule has 1 amide bonds. The van der Waals surface area contributed by atoms with Gasteiger partial charge in [-0.25, -0.2) is 9.97 Å². The minimum Gasteiger partial charge on any atom is -0.507 e. The Balaban J connectivity index is 0.000000547. The minimum atomic E-state index is 0.104. The third-order valence-corrected chi connectivity index (χ3v) is 5.25. The molecule has 1 saturated heterocycles. The lowest BCUT2D eigenvalue weighted by molar-refractivity contribution is -0.129. The third kappa shape index (κ3) is 6.17. The molecule has 1 aromatic heterocycles. The maximum atomic E-state index is 11.6. The van der Waals surface area contributed by atoms with Crippen molar-refractivity contribution in [2.24, 2.45) is 0 Å². The van der Waals surface area contributed by atoms with Crippen LogP contribution in [0.5, 0.6) is 5.75 Å². The lowest BCUT2D eigenvalue weighted by Crippen LogP contribution is -2.48. The summed E-state index contributed by atoms with van der Waals surface area (Å²) in [7, 11) is 1.00. The summed E-state index contributed by atoms with van der Waals surface area (Å²) in [6.45, 7) is 8.77. The largest absolute Gasteiger partial charge is 0.507 e. The van der Waals surface area contributed by atoms with Gasteiger partial charge in [0.05, 0.1) is 11.1 Å². The quantitative estimate of drug-likeness (QED) is 0.640. The molecule has 0 unspecified atom stereocenters. The number of nitrogens with zero attached hydrogens (tertiary/aromatic N) is 4. The summed E-state index contributed by atoms with van der Waals surface area (Å²) in [5.41, 5.74) is 1.45. The SMILES string of the molecule is CC(=O)N1CCN(c2nc(-c3ccccc3O)nc3ccccc23)CC1.CCCC.CO. The first-order valence-corrected chi connectivity index (χ1v) is 11.1. The van der Waals surface area contributed by atoms with E-state index >= 15 is 0 Å². The predicted octanol–water partition coefficient (Wildman–Crippen LogP) is 4.09. The van der Waals surface area contributed by atoms with Crippen molar-refractivity contribution in [2.75, 3.05) is 38.2 Å². The number of unbranched alkanes of at least 4 members (excludes halogenated alkanes) is 1. The Morgan fingerprint density at radius 3 is 2.09 bits per heavy atom. The number of aliphatic hydroxyl groups is 1. The van der Waals surface area contributed by atoms with Gasteiger partial charge >= 0.3 is 0 Å². The minimum absolute atomic E-state index is 0.104. The Labute approximate surface area is 190 Å². The van der Waals surface area contributed by atoms with Crippen LogP contribution in [0.1, 0.15) is 33.6 Å². The summed E-state index contributed by atoms with van der Waals surface area (Å²) in [5.74, 6) is 1.62. The van der Waals surface area contributed by atoms with Crippen LogP contribution in [0.15, 0.2) is 48.5 Å². The molecule has 1 fully saturated rings. The van der Waals surface area contributed by atoms with Crippen molar-refractivity contribution in [3.63, 3.8) is 0 Å². The topological polar surface area (TPSA) is 89.8 Å². The Bertz CT molecular complexity index is 999. The molecule has 7 nitrogen and oxygen atoms in total. The Morgan fingerprint density at radius 2 is 1.50 bits per heavy atom. The van der Waals surface area contributed by atoms with Crippen LogP contribution in [0.4, 0.5) is 5.82 Å². The highest BCUT2D eigenvalue weighted by molar-refractivity contribution is 5.91. The van der Waals surface area contributed by atoms with Crippen LogP contribution in [0.2, 0.25) is 0 Å². The summed E-state index contributed by atoms with van der Waals surface area (Å²) < 4.78 is 0. The Hall–Kier alpha value is -3.19. The number of carbonyl (C=O) groups excluding carboxylic acids is 1. The third-order valence-electron chi connectivity index (χ3n) is 5.25. The number of rotatable bonds is 3. The van der Waals surface area contributed by atoms with Gasteiger partial charge in [0.15, 0.2) is 5.82 Å². The standard InChI is InChI=1S/C20H20N4O2.C4H10.CH4O/c1-14(25)23-10-12-24(13-11-23)20-15-6-2-4-8-17(15)21-19(22-20)16-7-3-5-9-18(16)26;1-3-4-2;1-2/h2-9,26H,10-13H2,1H3;3-4H2,1-2H3;2H,1H3. The summed E-state index contributed by atoms with van der Waals surface area (Å²) in [6, 6.07) is 15.0. The van der Waals surface area contributed by atoms with Crippen LogP contribution < -0.4 is 4.90 Å². The number of hydrogen-bond acceptors (Lipinski definition) is 6. The summed E-state index contributed by atoms with van der Waals surface area (Å²) in [6.07, 6.45) is 2.64. The number of para-hydroxylation sites is 2. The molecule has 0 bridgehead atoms. The molecule has 32 heavy (non-hydrogen) atoms. The van der Waals surface area contributed by atoms with Gasteiger partial charge in [-0.05, 0) is 24.3 Å². The number of aliphatic hydroxyl groups excluding tert-OH is 1. The second kappa shape index (κ2) is 12.6. The van der Waals surface area contributed by atoms with Crippen LogP contribution in [0.3, 0.4) is 0 Å². The zero-order chi connectivity index (χ0) is 23.5. The smallest absolute Gasteiger partial charge is 0.219 e. The molecule has 0 saturated carbocycles. The zero-order valence-electron chi connectivity index (χ0n) is 19.5. The molecule has 2 aromatic carbocycles. The van der Waals surface area contributed by atoms with Gasteiger partial charge in [0, 0.05) is 45.6 Å². The average Bonchev–Trinajstić information content (AvgIpc) is 2.85. The van der Waals surface area contributed by atoms with E-state index < -0.39 is 0 Å². The van der Waals surface area contributed by atoms with E-state index in [-0.39, 0.29) is 11.7 Å². The van der Waals surface area contributed by atoms with Gasteiger partial charge in [-0.1, -0.05) is 51.0 Å². The highest BCUT2D eigenvalue weighted by Gasteiger charge is 2.22. The molecule has 0 atom stereocenters. The van der Waals surface area contributed by atoms with Crippen molar-refractivity contribution < 1.29 is 15.0 Å². The number of fused-ring (bicyclic) bond motifs is 1. The molecule has 1 aliphatic heterocycles. The summed E-state index contributed by atoms with van der Waals surface area (Å²) in [5, 5.41) is 18.2. The number of amides is 1. The van der Waals surface area contributed by atoms with E-state index in [2.05, 4.69) is 23.7 Å². The van der Waals surface area contributed by atoms with Gasteiger partial charge in [-0.2, -0.15) is 0 Å². The molecule has 4 rings (SSSR count). The van der Waals surface area contributed by atoms with Crippen molar-refractivity contribution in [1.82, 2.24) is 14.9 Å². The molecular weight excluding hydrogens is 404 g/mol. The first-order valence-electron chi connectivity index (χ1n) is 11.1. The van der Waals surface area contributed by atoms with Crippen molar-refractivity contribution >= 4 is 22.6 Å². The van der Waals surface area contributed by atoms with Crippen LogP contribution in [-0.2, 0) is 4.79 Å². The molecule has 3 aromatic rings. The molecule has 0 radical (unpaired) electrons. The van der Waals surface area contributed by atoms with Gasteiger partial charge < -0.3 is 20.0 Å². The zero-order valence-corrected chi connectivity index (χ0v) is 19.5. The highest BCUT2D eigenvalue weighted by Crippen LogP contribution is 2.31. The lowest BCUT2D eigenvalue weighted by atomic mass is 10.1. The van der Waals surface area contributed by atoms with E-state index in [0.29, 0.717) is 24.5 Å². The maximum absolute atomic E-state index is 11.6. The van der Waals surface area contributed by atoms with Crippen LogP contribution in [-0.4, -0.2) is 64.3 Å². The van der Waals surface area contributed by atoms with Gasteiger partial charge in [0.25, 0.3) is 0 Å². The molecule has 0 aliphatic carbocycles. The number of anilines is 1. The van der Waals surface area contributed by atoms with Crippen LogP contribution in [0.25, 0.3) is 22.3 Å². The normalized spacial score (nSPS) is 13.0. The van der Waals surface area contributed by atoms with Crippen molar-refractivity contribution in [3.05, 3.63) is 48.5 Å². The molecule has 0 spiro atoms. The van der Waals surface area contributed by atoms with Crippen molar-refractivity contribution in [2.45, 2.75) is 33.6 Å². The molecule has 1 aliphatic rings. The molecular formula is C25H34N4O3. The predicted molar refractivity (Wildman–Crippen MR) is 130 cm³/mol. The van der Waals surface area contributed by atoms with E-state index in [1.165, 1.54) is 12.8 Å². The first kappa shape index (κ1) is 25.1. The van der Waals surface area contributed by atoms with Gasteiger partial charge in [0.1, 0.15) is 11.6 Å². The number of carbonyl (C=O) groups is 1. The number of phenolic OH excluding ortho intramolecular Hbond substituents is 1. The number of aromatic nitrogens is 2. The second-order valence-corrected chi connectivity index (χ2v) is 7.40. The molecule has 7 heteroatoms. The Morgan fingerprint density at radius 1 is 0.906 bits per heavy atom. The van der Waals surface area contributed by atoms with Crippen LogP contribution in [0, 0.1) is 0 Å².